The van der Waals surface area contributed by atoms with Crippen molar-refractivity contribution in [1.82, 2.24) is 0 Å². The fourth-order valence-corrected chi connectivity index (χ4v) is 2.26. The van der Waals surface area contributed by atoms with E-state index in [1.807, 2.05) is 0 Å². The Balaban J connectivity index is 1.97. The molecule has 0 radical (unpaired) electrons. The lowest BCUT2D eigenvalue weighted by Gasteiger charge is -2.09. The van der Waals surface area contributed by atoms with Crippen LogP contribution in [0.5, 0.6) is 11.5 Å². The topological polar surface area (TPSA) is 73.6 Å². The van der Waals surface area contributed by atoms with Crippen molar-refractivity contribution in [2.45, 2.75) is 0 Å². The van der Waals surface area contributed by atoms with E-state index in [1.165, 1.54) is 6.07 Å². The molecule has 0 aromatic heterocycles. The predicted octanol–water partition coefficient (Wildman–Crippen LogP) is 3.97. The average molecular weight is 355 g/mol. The van der Waals surface area contributed by atoms with E-state index in [0.717, 1.165) is 6.07 Å². The number of hydrogen-bond acceptors (Lipinski definition) is 5. The molecule has 0 aliphatic carbocycles. The van der Waals surface area contributed by atoms with Gasteiger partial charge in [-0.05, 0) is 34.1 Å². The molecule has 2 aromatic rings. The Labute approximate surface area is 126 Å². The molecule has 1 aliphatic rings. The van der Waals surface area contributed by atoms with Gasteiger partial charge in [0.2, 0.25) is 6.79 Å². The molecule has 0 atom stereocenters. The Morgan fingerprint density at radius 3 is 2.76 bits per heavy atom. The number of nitro benzene ring substituents is 1. The number of nitrogens with one attached hydrogen (secondary N) is 1. The summed E-state index contributed by atoms with van der Waals surface area (Å²) in [5.74, 6) is 0.456. The summed E-state index contributed by atoms with van der Waals surface area (Å²) in [5.41, 5.74) is 0.390. The minimum absolute atomic E-state index is 0.136. The monoisotopic (exact) mass is 354 g/mol. The number of hydrogen-bond donors (Lipinski definition) is 1. The van der Waals surface area contributed by atoms with Crippen LogP contribution in [0.3, 0.4) is 0 Å². The summed E-state index contributed by atoms with van der Waals surface area (Å²) in [7, 11) is 0. The lowest BCUT2D eigenvalue weighted by molar-refractivity contribution is -0.384. The van der Waals surface area contributed by atoms with Gasteiger partial charge >= 0.3 is 0 Å². The summed E-state index contributed by atoms with van der Waals surface area (Å²) >= 11 is 3.01. The number of ether oxygens (including phenoxy) is 2. The van der Waals surface area contributed by atoms with E-state index in [9.17, 15) is 14.5 Å². The molecule has 0 fully saturated rings. The minimum Gasteiger partial charge on any atom is -0.454 e. The maximum absolute atomic E-state index is 13.4. The second-order valence-electron chi connectivity index (χ2n) is 4.23. The Morgan fingerprint density at radius 2 is 2.00 bits per heavy atom. The first kappa shape index (κ1) is 13.6. The fourth-order valence-electron chi connectivity index (χ4n) is 1.92. The lowest BCUT2D eigenvalue weighted by Crippen LogP contribution is -1.98. The van der Waals surface area contributed by atoms with Crippen LogP contribution in [0.4, 0.5) is 21.5 Å². The van der Waals surface area contributed by atoms with Crippen LogP contribution < -0.4 is 14.8 Å². The first-order valence-electron chi connectivity index (χ1n) is 5.85. The number of nitrogens with zero attached hydrogens (tertiary/aromatic N) is 1. The van der Waals surface area contributed by atoms with Gasteiger partial charge in [-0.1, -0.05) is 0 Å². The zero-order valence-corrected chi connectivity index (χ0v) is 12.0. The summed E-state index contributed by atoms with van der Waals surface area (Å²) in [5, 5.41) is 13.9. The van der Waals surface area contributed by atoms with E-state index in [2.05, 4.69) is 21.2 Å². The van der Waals surface area contributed by atoms with E-state index in [1.54, 1.807) is 18.2 Å². The van der Waals surface area contributed by atoms with Crippen LogP contribution in [0.1, 0.15) is 0 Å². The summed E-state index contributed by atoms with van der Waals surface area (Å²) in [4.78, 5) is 10.4. The molecule has 0 unspecified atom stereocenters. The van der Waals surface area contributed by atoms with Crippen LogP contribution in [0, 0.1) is 15.9 Å². The number of fused-ring (bicyclic) bond motifs is 1. The highest BCUT2D eigenvalue weighted by Crippen LogP contribution is 2.37. The highest BCUT2D eigenvalue weighted by molar-refractivity contribution is 9.10. The number of rotatable bonds is 3. The van der Waals surface area contributed by atoms with Crippen molar-refractivity contribution in [3.05, 3.63) is 50.7 Å². The van der Waals surface area contributed by atoms with Crippen LogP contribution in [-0.4, -0.2) is 11.7 Å². The average Bonchev–Trinajstić information content (AvgIpc) is 2.89. The smallest absolute Gasteiger partial charge is 0.295 e. The third-order valence-electron chi connectivity index (χ3n) is 2.89. The maximum Gasteiger partial charge on any atom is 0.295 e. The molecule has 108 valence electrons. The molecule has 0 saturated heterocycles. The predicted molar refractivity (Wildman–Crippen MR) is 76.6 cm³/mol. The first-order valence-corrected chi connectivity index (χ1v) is 6.64. The highest BCUT2D eigenvalue weighted by Gasteiger charge is 2.19. The van der Waals surface area contributed by atoms with Gasteiger partial charge in [-0.25, -0.2) is 4.39 Å². The molecule has 1 N–H and O–H groups in total. The number of benzene rings is 2. The van der Waals surface area contributed by atoms with Gasteiger partial charge in [0, 0.05) is 11.8 Å². The van der Waals surface area contributed by atoms with Crippen LogP contribution >= 0.6 is 15.9 Å². The second kappa shape index (κ2) is 5.21. The van der Waals surface area contributed by atoms with Crippen LogP contribution in [0.15, 0.2) is 34.8 Å². The molecule has 21 heavy (non-hydrogen) atoms. The highest BCUT2D eigenvalue weighted by atomic mass is 79.9. The van der Waals surface area contributed by atoms with E-state index in [-0.39, 0.29) is 22.6 Å². The molecule has 1 aliphatic heterocycles. The molecular formula is C13H8BrFN2O4. The molecular weight excluding hydrogens is 347 g/mol. The lowest BCUT2D eigenvalue weighted by atomic mass is 10.2. The van der Waals surface area contributed by atoms with Crippen molar-refractivity contribution in [1.29, 1.82) is 0 Å². The van der Waals surface area contributed by atoms with E-state index in [4.69, 9.17) is 9.47 Å². The molecule has 8 heteroatoms. The van der Waals surface area contributed by atoms with Crippen LogP contribution in [-0.2, 0) is 0 Å². The van der Waals surface area contributed by atoms with E-state index in [0.29, 0.717) is 17.2 Å². The Morgan fingerprint density at radius 1 is 1.24 bits per heavy atom. The van der Waals surface area contributed by atoms with Crippen molar-refractivity contribution >= 4 is 33.0 Å². The molecule has 1 heterocycles. The third kappa shape index (κ3) is 2.62. The van der Waals surface area contributed by atoms with Crippen molar-refractivity contribution < 1.29 is 18.8 Å². The molecule has 3 rings (SSSR count). The normalized spacial score (nSPS) is 12.3. The van der Waals surface area contributed by atoms with Gasteiger partial charge < -0.3 is 14.8 Å². The van der Waals surface area contributed by atoms with Crippen LogP contribution in [0.2, 0.25) is 0 Å². The molecule has 2 aromatic carbocycles. The fraction of sp³-hybridized carbons (Fsp3) is 0.0769. The van der Waals surface area contributed by atoms with Crippen molar-refractivity contribution in [2.75, 3.05) is 12.1 Å². The molecule has 0 saturated carbocycles. The van der Waals surface area contributed by atoms with Gasteiger partial charge in [0.15, 0.2) is 11.5 Å². The van der Waals surface area contributed by atoms with Crippen molar-refractivity contribution in [2.24, 2.45) is 0 Å². The van der Waals surface area contributed by atoms with Gasteiger partial charge in [-0.15, -0.1) is 0 Å². The third-order valence-corrected chi connectivity index (χ3v) is 3.49. The van der Waals surface area contributed by atoms with Crippen molar-refractivity contribution in [3.63, 3.8) is 0 Å². The van der Waals surface area contributed by atoms with Gasteiger partial charge in [-0.2, -0.15) is 0 Å². The SMILES string of the molecule is O=[N+]([O-])c1cc(F)c(Br)cc1Nc1ccc2c(c1)OCO2. The van der Waals surface area contributed by atoms with E-state index >= 15 is 0 Å². The summed E-state index contributed by atoms with van der Waals surface area (Å²) in [6.45, 7) is 0.140. The Hall–Kier alpha value is -2.35. The largest absolute Gasteiger partial charge is 0.454 e. The van der Waals surface area contributed by atoms with Gasteiger partial charge in [-0.3, -0.25) is 10.1 Å². The zero-order valence-electron chi connectivity index (χ0n) is 10.4. The summed E-state index contributed by atoms with van der Waals surface area (Å²) in [6.07, 6.45) is 0. The maximum atomic E-state index is 13.4. The second-order valence-corrected chi connectivity index (χ2v) is 5.09. The standard InChI is InChI=1S/C13H8BrFN2O4/c14-8-4-10(11(17(18)19)5-9(8)15)16-7-1-2-12-13(3-7)21-6-20-12/h1-5,16H,6H2. The number of nitro groups is 1. The molecule has 0 amide bonds. The zero-order chi connectivity index (χ0) is 15.0. The van der Waals surface area contributed by atoms with E-state index < -0.39 is 10.7 Å². The van der Waals surface area contributed by atoms with Gasteiger partial charge in [0.1, 0.15) is 11.5 Å². The molecule has 0 bridgehead atoms. The Bertz CT molecular complexity index is 738. The quantitative estimate of drug-likeness (QED) is 0.666. The first-order chi connectivity index (χ1) is 10.0. The number of anilines is 2. The number of halogens is 2. The van der Waals surface area contributed by atoms with Gasteiger partial charge in [0.25, 0.3) is 5.69 Å². The summed E-state index contributed by atoms with van der Waals surface area (Å²) in [6, 6.07) is 7.21. The minimum atomic E-state index is -0.696. The van der Waals surface area contributed by atoms with Crippen molar-refractivity contribution in [3.8, 4) is 11.5 Å². The van der Waals surface area contributed by atoms with Gasteiger partial charge in [0.05, 0.1) is 15.5 Å². The summed E-state index contributed by atoms with van der Waals surface area (Å²) < 4.78 is 24.0. The molecule has 0 spiro atoms. The van der Waals surface area contributed by atoms with Crippen LogP contribution in [0.25, 0.3) is 0 Å². The Kier molecular flexibility index (Phi) is 3.38. The molecule has 6 nitrogen and oxygen atoms in total.